The van der Waals surface area contributed by atoms with E-state index in [1.807, 2.05) is 0 Å². The Kier molecular flexibility index (Phi) is 1.18. The van der Waals surface area contributed by atoms with Crippen LogP contribution in [-0.4, -0.2) is 23.9 Å². The monoisotopic (exact) mass is 274 g/mol. The van der Waals surface area contributed by atoms with Crippen molar-refractivity contribution >= 4 is 23.9 Å². The highest BCUT2D eigenvalue weighted by Gasteiger charge is 2.98. The molecule has 0 aromatic carbocycles. The van der Waals surface area contributed by atoms with Crippen LogP contribution < -0.4 is 0 Å². The summed E-state index contributed by atoms with van der Waals surface area (Å²) < 4.78 is 9.64. The number of fused-ring (bicyclic) bond motifs is 4. The van der Waals surface area contributed by atoms with Gasteiger partial charge >= 0.3 is 23.9 Å². The zero-order valence-electron chi connectivity index (χ0n) is 10.3. The minimum atomic E-state index is -0.427. The van der Waals surface area contributed by atoms with Crippen LogP contribution >= 0.6 is 0 Å². The number of carbonyl (C=O) groups excluding carboxylic acids is 4. The Morgan fingerprint density at radius 2 is 1.10 bits per heavy atom. The van der Waals surface area contributed by atoms with Crippen LogP contribution in [0.3, 0.4) is 0 Å². The molecule has 2 saturated heterocycles. The quantitative estimate of drug-likeness (QED) is 0.443. The number of cyclic esters (lactones) is 4. The minimum Gasteiger partial charge on any atom is -0.393 e. The first-order valence-electron chi connectivity index (χ1n) is 7.05. The summed E-state index contributed by atoms with van der Waals surface area (Å²) in [4.78, 5) is 47.6. The van der Waals surface area contributed by atoms with Crippen LogP contribution in [0, 0.1) is 46.3 Å². The van der Waals surface area contributed by atoms with Crippen LogP contribution in [0.4, 0.5) is 0 Å². The summed E-state index contributed by atoms with van der Waals surface area (Å²) in [6.45, 7) is 0. The van der Waals surface area contributed by atoms with Gasteiger partial charge in [-0.3, -0.25) is 19.2 Å². The molecule has 0 aromatic rings. The second kappa shape index (κ2) is 2.34. The van der Waals surface area contributed by atoms with Gasteiger partial charge < -0.3 is 9.47 Å². The van der Waals surface area contributed by atoms with E-state index in [1.54, 1.807) is 0 Å². The van der Waals surface area contributed by atoms with E-state index in [0.717, 1.165) is 12.8 Å². The van der Waals surface area contributed by atoms with Gasteiger partial charge in [-0.15, -0.1) is 0 Å². The van der Waals surface area contributed by atoms with Crippen molar-refractivity contribution in [3.63, 3.8) is 0 Å². The van der Waals surface area contributed by atoms with Crippen LogP contribution in [0.5, 0.6) is 0 Å². The summed E-state index contributed by atoms with van der Waals surface area (Å²) in [6, 6.07) is 0. The maximum Gasteiger partial charge on any atom is 0.318 e. The molecule has 20 heavy (non-hydrogen) atoms. The van der Waals surface area contributed by atoms with Crippen molar-refractivity contribution in [1.82, 2.24) is 0 Å². The van der Waals surface area contributed by atoms with Gasteiger partial charge in [0.2, 0.25) is 0 Å². The van der Waals surface area contributed by atoms with E-state index in [0.29, 0.717) is 0 Å². The molecular formula is C14H10O6. The Morgan fingerprint density at radius 3 is 1.55 bits per heavy atom. The average Bonchev–Trinajstić information content (AvgIpc) is 3.22. The zero-order valence-corrected chi connectivity index (χ0v) is 10.3. The molecule has 0 N–H and O–H groups in total. The van der Waals surface area contributed by atoms with Gasteiger partial charge in [-0.1, -0.05) is 0 Å². The molecule has 4 saturated carbocycles. The predicted molar refractivity (Wildman–Crippen MR) is 57.2 cm³/mol. The van der Waals surface area contributed by atoms with Crippen molar-refractivity contribution in [1.29, 1.82) is 0 Å². The fourth-order valence-corrected chi connectivity index (χ4v) is 6.64. The molecule has 0 radical (unpaired) electrons. The van der Waals surface area contributed by atoms with E-state index in [9.17, 15) is 19.2 Å². The van der Waals surface area contributed by atoms with Crippen LogP contribution in [0.1, 0.15) is 12.8 Å². The number of esters is 4. The SMILES string of the molecule is O=C1OC(=O)[C@@H]2C1[C@]13C[C@@H]1[C@@H]1C(=O)OC(=O)[C@@H]1[C@@H]1C[C@@]213. The van der Waals surface area contributed by atoms with Crippen molar-refractivity contribution in [3.05, 3.63) is 0 Å². The molecule has 6 aliphatic rings. The third-order valence-corrected chi connectivity index (χ3v) is 7.14. The lowest BCUT2D eigenvalue weighted by molar-refractivity contribution is -0.158. The van der Waals surface area contributed by atoms with Gasteiger partial charge in [0.1, 0.15) is 0 Å². The van der Waals surface area contributed by atoms with Gasteiger partial charge in [0, 0.05) is 0 Å². The summed E-state index contributed by atoms with van der Waals surface area (Å²) in [6.07, 6.45) is 1.52. The molecule has 6 nitrogen and oxygen atoms in total. The zero-order chi connectivity index (χ0) is 13.6. The van der Waals surface area contributed by atoms with Crippen LogP contribution in [0.15, 0.2) is 0 Å². The average molecular weight is 274 g/mol. The fraction of sp³-hybridized carbons (Fsp3) is 0.714. The Hall–Kier alpha value is -1.72. The Bertz CT molecular complexity index is 595. The molecule has 2 spiro atoms. The smallest absolute Gasteiger partial charge is 0.318 e. The molecule has 6 rings (SSSR count). The highest BCUT2D eigenvalue weighted by atomic mass is 16.6. The number of hydrogen-bond acceptors (Lipinski definition) is 6. The normalized spacial score (nSPS) is 63.2. The maximum atomic E-state index is 11.9. The van der Waals surface area contributed by atoms with Crippen molar-refractivity contribution in [2.45, 2.75) is 12.8 Å². The number of ether oxygens (including phenoxy) is 2. The summed E-state index contributed by atoms with van der Waals surface area (Å²) in [5, 5.41) is 0. The Labute approximate surface area is 112 Å². The summed E-state index contributed by atoms with van der Waals surface area (Å²) in [5.41, 5.74) is -0.479. The van der Waals surface area contributed by atoms with E-state index in [4.69, 9.17) is 9.47 Å². The van der Waals surface area contributed by atoms with Gasteiger partial charge in [-0.25, -0.2) is 0 Å². The van der Waals surface area contributed by atoms with Crippen molar-refractivity contribution in [2.75, 3.05) is 0 Å². The molecular weight excluding hydrogens is 264 g/mol. The predicted octanol–water partition coefficient (Wildman–Crippen LogP) is -0.342. The maximum absolute atomic E-state index is 11.9. The van der Waals surface area contributed by atoms with E-state index in [-0.39, 0.29) is 46.3 Å². The van der Waals surface area contributed by atoms with Crippen LogP contribution in [0.25, 0.3) is 0 Å². The number of carbonyl (C=O) groups is 4. The molecule has 0 aromatic heterocycles. The van der Waals surface area contributed by atoms with Gasteiger partial charge in [-0.05, 0) is 35.5 Å². The van der Waals surface area contributed by atoms with Crippen molar-refractivity contribution in [3.8, 4) is 0 Å². The first-order valence-corrected chi connectivity index (χ1v) is 7.05. The molecule has 8 atom stereocenters. The third kappa shape index (κ3) is 0.636. The third-order valence-electron chi connectivity index (χ3n) is 7.14. The summed E-state index contributed by atoms with van der Waals surface area (Å²) in [5.74, 6) is -3.13. The molecule has 0 bridgehead atoms. The van der Waals surface area contributed by atoms with Gasteiger partial charge in [0.05, 0.1) is 23.7 Å². The van der Waals surface area contributed by atoms with Gasteiger partial charge in [0.15, 0.2) is 0 Å². The van der Waals surface area contributed by atoms with E-state index in [2.05, 4.69) is 0 Å². The van der Waals surface area contributed by atoms with Gasteiger partial charge in [0.25, 0.3) is 0 Å². The molecule has 0 amide bonds. The van der Waals surface area contributed by atoms with Crippen LogP contribution in [0.2, 0.25) is 0 Å². The number of rotatable bonds is 0. The second-order valence-electron chi connectivity index (χ2n) is 7.19. The lowest BCUT2D eigenvalue weighted by Gasteiger charge is -2.51. The number of hydrogen-bond donors (Lipinski definition) is 0. The molecule has 4 aliphatic carbocycles. The molecule has 6 fully saturated rings. The van der Waals surface area contributed by atoms with Crippen molar-refractivity contribution in [2.24, 2.45) is 46.3 Å². The summed E-state index contributed by atoms with van der Waals surface area (Å²) >= 11 is 0. The highest BCUT2D eigenvalue weighted by molar-refractivity contribution is 6.03. The Morgan fingerprint density at radius 1 is 0.700 bits per heavy atom. The molecule has 102 valence electrons. The topological polar surface area (TPSA) is 86.7 Å². The van der Waals surface area contributed by atoms with E-state index in [1.165, 1.54) is 0 Å². The largest absolute Gasteiger partial charge is 0.393 e. The summed E-state index contributed by atoms with van der Waals surface area (Å²) in [7, 11) is 0. The second-order valence-corrected chi connectivity index (χ2v) is 7.19. The van der Waals surface area contributed by atoms with E-state index < -0.39 is 23.9 Å². The first kappa shape index (κ1) is 10.1. The first-order chi connectivity index (χ1) is 9.54. The molecule has 2 heterocycles. The molecule has 2 aliphatic heterocycles. The van der Waals surface area contributed by atoms with Crippen LogP contribution in [-0.2, 0) is 28.7 Å². The van der Waals surface area contributed by atoms with Gasteiger partial charge in [-0.2, -0.15) is 0 Å². The van der Waals surface area contributed by atoms with Crippen molar-refractivity contribution < 1.29 is 28.7 Å². The highest BCUT2D eigenvalue weighted by Crippen LogP contribution is 2.96. The molecule has 1 unspecified atom stereocenters. The Balaban J connectivity index is 1.54. The standard InChI is InChI=1S/C14H10O6/c15-9-5-3-1-13(3)7-8(12(18)20-11(7)17)14(13)2-4(14)6(5)10(16)19-9/h3-8H,1-2H2/t3-,4+,5+,6-,7-,8?,13-,14-/m0/s1. The van der Waals surface area contributed by atoms with E-state index >= 15 is 0 Å². The fourth-order valence-electron chi connectivity index (χ4n) is 6.64. The minimum absolute atomic E-state index is 0.0323. The lowest BCUT2D eigenvalue weighted by atomic mass is 9.46. The molecule has 6 heteroatoms. The lowest BCUT2D eigenvalue weighted by Crippen LogP contribution is -2.58.